The minimum atomic E-state index is 0.241. The van der Waals surface area contributed by atoms with E-state index >= 15 is 0 Å². The number of allylic oxidation sites excluding steroid dienone is 2. The lowest BCUT2D eigenvalue weighted by Gasteiger charge is -1.67. The highest BCUT2D eigenvalue weighted by atomic mass is 35.5. The van der Waals surface area contributed by atoms with Crippen molar-refractivity contribution in [3.63, 3.8) is 0 Å². The van der Waals surface area contributed by atoms with E-state index in [-0.39, 0.29) is 5.03 Å². The molecule has 0 spiro atoms. The SMILES string of the molecule is [CH]=C(Cl)C=C. The van der Waals surface area contributed by atoms with Crippen molar-refractivity contribution in [1.29, 1.82) is 0 Å². The molecule has 0 fully saturated rings. The first kappa shape index (κ1) is 4.77. The first-order valence-corrected chi connectivity index (χ1v) is 1.55. The summed E-state index contributed by atoms with van der Waals surface area (Å²) in [4.78, 5) is 0. The van der Waals surface area contributed by atoms with Gasteiger partial charge in [-0.3, -0.25) is 0 Å². The molecule has 0 unspecified atom stereocenters. The maximum Gasteiger partial charge on any atom is 0.0400 e. The van der Waals surface area contributed by atoms with Crippen LogP contribution in [0, 0.1) is 6.58 Å². The Labute approximate surface area is 36.8 Å². The van der Waals surface area contributed by atoms with Gasteiger partial charge in [-0.25, -0.2) is 0 Å². The highest BCUT2D eigenvalue weighted by Crippen LogP contribution is 1.92. The monoisotopic (exact) mass is 87.0 g/mol. The molecule has 0 rings (SSSR count). The predicted octanol–water partition coefficient (Wildman–Crippen LogP) is 1.73. The van der Waals surface area contributed by atoms with Crippen LogP contribution in [0.4, 0.5) is 0 Å². The molecule has 0 N–H and O–H groups in total. The van der Waals surface area contributed by atoms with Crippen LogP contribution in [0.25, 0.3) is 0 Å². The molecule has 0 atom stereocenters. The van der Waals surface area contributed by atoms with Gasteiger partial charge in [-0.1, -0.05) is 24.3 Å². The summed E-state index contributed by atoms with van der Waals surface area (Å²) in [5.41, 5.74) is 0. The molecule has 0 bridgehead atoms. The molecule has 0 saturated heterocycles. The Morgan fingerprint density at radius 3 is 2.20 bits per heavy atom. The predicted molar refractivity (Wildman–Crippen MR) is 23.9 cm³/mol. The van der Waals surface area contributed by atoms with E-state index in [4.69, 9.17) is 18.2 Å². The molecule has 0 aliphatic heterocycles. The third-order valence-electron chi connectivity index (χ3n) is 0.195. The van der Waals surface area contributed by atoms with Gasteiger partial charge >= 0.3 is 0 Å². The lowest BCUT2D eigenvalue weighted by molar-refractivity contribution is 2.00. The van der Waals surface area contributed by atoms with Crippen LogP contribution in [-0.2, 0) is 0 Å². The second-order valence-corrected chi connectivity index (χ2v) is 1.03. The second-order valence-electron chi connectivity index (χ2n) is 0.589. The molecular weight excluding hydrogens is 83.5 g/mol. The molecule has 0 aliphatic carbocycles. The summed E-state index contributed by atoms with van der Waals surface area (Å²) in [5, 5.41) is 0.241. The smallest absolute Gasteiger partial charge is 0.0400 e. The molecular formula is C4H4Cl. The summed E-state index contributed by atoms with van der Waals surface area (Å²) >= 11 is 5.04. The van der Waals surface area contributed by atoms with Gasteiger partial charge in [0.1, 0.15) is 0 Å². The maximum atomic E-state index is 5.04. The van der Waals surface area contributed by atoms with Crippen LogP contribution in [0.2, 0.25) is 0 Å². The van der Waals surface area contributed by atoms with Crippen molar-refractivity contribution in [2.24, 2.45) is 0 Å². The van der Waals surface area contributed by atoms with Crippen molar-refractivity contribution in [3.8, 4) is 0 Å². The van der Waals surface area contributed by atoms with Gasteiger partial charge in [0.25, 0.3) is 0 Å². The van der Waals surface area contributed by atoms with Gasteiger partial charge in [0.15, 0.2) is 0 Å². The van der Waals surface area contributed by atoms with Crippen molar-refractivity contribution in [1.82, 2.24) is 0 Å². The molecule has 0 saturated carbocycles. The van der Waals surface area contributed by atoms with Crippen LogP contribution < -0.4 is 0 Å². The number of hydrogen-bond acceptors (Lipinski definition) is 0. The lowest BCUT2D eigenvalue weighted by Crippen LogP contribution is -1.43. The van der Waals surface area contributed by atoms with E-state index in [1.54, 1.807) is 0 Å². The Bertz CT molecular complexity index is 54.7. The van der Waals surface area contributed by atoms with Gasteiger partial charge in [0.2, 0.25) is 0 Å². The van der Waals surface area contributed by atoms with E-state index in [1.807, 2.05) is 0 Å². The Hall–Kier alpha value is -0.230. The van der Waals surface area contributed by atoms with Crippen LogP contribution in [0.1, 0.15) is 0 Å². The Kier molecular flexibility index (Phi) is 1.94. The minimum absolute atomic E-state index is 0.241. The summed E-state index contributed by atoms with van der Waals surface area (Å²) in [6, 6.07) is 0. The molecule has 27 valence electrons. The lowest BCUT2D eigenvalue weighted by atomic mass is 10.6. The van der Waals surface area contributed by atoms with Crippen LogP contribution in [0.5, 0.6) is 0 Å². The molecule has 5 heavy (non-hydrogen) atoms. The van der Waals surface area contributed by atoms with Gasteiger partial charge < -0.3 is 0 Å². The van der Waals surface area contributed by atoms with Gasteiger partial charge in [0.05, 0.1) is 0 Å². The van der Waals surface area contributed by atoms with Crippen molar-refractivity contribution in [3.05, 3.63) is 24.3 Å². The van der Waals surface area contributed by atoms with Crippen molar-refractivity contribution in [2.75, 3.05) is 0 Å². The number of rotatable bonds is 1. The molecule has 0 aromatic carbocycles. The zero-order chi connectivity index (χ0) is 4.28. The fraction of sp³-hybridized carbons (Fsp3) is 0. The summed E-state index contributed by atoms with van der Waals surface area (Å²) in [7, 11) is 0. The number of hydrogen-bond donors (Lipinski definition) is 0. The zero-order valence-corrected chi connectivity index (χ0v) is 3.50. The van der Waals surface area contributed by atoms with Gasteiger partial charge in [-0.05, 0) is 6.58 Å². The molecule has 1 radical (unpaired) electrons. The van der Waals surface area contributed by atoms with E-state index in [0.29, 0.717) is 0 Å². The van der Waals surface area contributed by atoms with Crippen molar-refractivity contribution in [2.45, 2.75) is 0 Å². The quantitative estimate of drug-likeness (QED) is 0.427. The van der Waals surface area contributed by atoms with Crippen LogP contribution in [-0.4, -0.2) is 0 Å². The zero-order valence-electron chi connectivity index (χ0n) is 2.74. The molecule has 0 aliphatic rings. The fourth-order valence-corrected chi connectivity index (χ4v) is 0. The van der Waals surface area contributed by atoms with Gasteiger partial charge in [-0.2, -0.15) is 0 Å². The summed E-state index contributed by atoms with van der Waals surface area (Å²) in [6.45, 7) is 8.12. The average Bonchev–Trinajstić information content (AvgIpc) is 1.38. The van der Waals surface area contributed by atoms with Crippen LogP contribution in [0.15, 0.2) is 17.7 Å². The molecule has 0 aromatic rings. The minimum Gasteiger partial charge on any atom is -0.0976 e. The van der Waals surface area contributed by atoms with E-state index in [1.165, 1.54) is 6.08 Å². The summed E-state index contributed by atoms with van der Waals surface area (Å²) < 4.78 is 0. The molecule has 1 heteroatoms. The Balaban J connectivity index is 3.20. The van der Waals surface area contributed by atoms with Crippen LogP contribution in [0.3, 0.4) is 0 Å². The third kappa shape index (κ3) is 3.77. The Morgan fingerprint density at radius 2 is 2.20 bits per heavy atom. The topological polar surface area (TPSA) is 0 Å². The van der Waals surface area contributed by atoms with E-state index < -0.39 is 0 Å². The normalized spacial score (nSPS) is 6.60. The molecule has 0 aromatic heterocycles. The largest absolute Gasteiger partial charge is 0.0976 e. The van der Waals surface area contributed by atoms with Crippen LogP contribution >= 0.6 is 11.6 Å². The molecule has 0 heterocycles. The fourth-order valence-electron chi connectivity index (χ4n) is 0. The standard InChI is InChI=1S/C4H4Cl/c1-3-4(2)5/h2-3H,1H2. The molecule has 0 amide bonds. The first-order valence-electron chi connectivity index (χ1n) is 1.17. The average molecular weight is 87.5 g/mol. The Morgan fingerprint density at radius 1 is 2.00 bits per heavy atom. The first-order chi connectivity index (χ1) is 2.27. The van der Waals surface area contributed by atoms with Gasteiger partial charge in [0, 0.05) is 5.03 Å². The highest BCUT2D eigenvalue weighted by molar-refractivity contribution is 6.30. The summed E-state index contributed by atoms with van der Waals surface area (Å²) in [6.07, 6.45) is 1.38. The van der Waals surface area contributed by atoms with E-state index in [9.17, 15) is 0 Å². The maximum absolute atomic E-state index is 5.04. The molecule has 0 nitrogen and oxygen atoms in total. The third-order valence-corrected chi connectivity index (χ3v) is 0.349. The summed E-state index contributed by atoms with van der Waals surface area (Å²) in [5.74, 6) is 0. The van der Waals surface area contributed by atoms with E-state index in [2.05, 4.69) is 6.58 Å². The highest BCUT2D eigenvalue weighted by Gasteiger charge is 1.64. The van der Waals surface area contributed by atoms with Gasteiger partial charge in [-0.15, -0.1) is 0 Å². The van der Waals surface area contributed by atoms with Crippen molar-refractivity contribution >= 4 is 11.6 Å². The second kappa shape index (κ2) is 2.04. The van der Waals surface area contributed by atoms with Crippen molar-refractivity contribution < 1.29 is 0 Å². The number of halogens is 1. The van der Waals surface area contributed by atoms with E-state index in [0.717, 1.165) is 0 Å².